The standard InChI is InChI=1S/C15H15BrN2O.BrH/c1-12-6-9-18(10-7-12)11-8-15(19)17-14-4-2-13(16)3-5-14;/h2-7,9-10H,8,11H2,1H3;1H. The molecular weight excluding hydrogens is 384 g/mol. The number of carbonyl (C=O) groups excluding carboxylic acids is 1. The summed E-state index contributed by atoms with van der Waals surface area (Å²) in [5, 5.41) is 2.88. The Balaban J connectivity index is 0.00000200. The van der Waals surface area contributed by atoms with Crippen molar-refractivity contribution in [3.05, 3.63) is 58.8 Å². The molecule has 0 saturated heterocycles. The van der Waals surface area contributed by atoms with Crippen molar-refractivity contribution in [1.29, 1.82) is 0 Å². The quantitative estimate of drug-likeness (QED) is 0.725. The lowest BCUT2D eigenvalue weighted by molar-refractivity contribution is -0.695. The number of pyridine rings is 1. The predicted octanol–water partition coefficient (Wildman–Crippen LogP) is 0.0778. The molecule has 106 valence electrons. The average Bonchev–Trinajstić information content (AvgIpc) is 2.41. The number of aromatic nitrogens is 1. The average molecular weight is 400 g/mol. The molecule has 0 spiro atoms. The van der Waals surface area contributed by atoms with Crippen LogP contribution in [-0.4, -0.2) is 5.91 Å². The fourth-order valence-electron chi connectivity index (χ4n) is 1.67. The van der Waals surface area contributed by atoms with Gasteiger partial charge in [0.1, 0.15) is 0 Å². The normalized spacial score (nSPS) is 9.70. The molecular formula is C15H16Br2N2O. The lowest BCUT2D eigenvalue weighted by Gasteiger charge is -2.04. The second-order valence-corrected chi connectivity index (χ2v) is 5.33. The molecule has 0 aliphatic heterocycles. The molecule has 0 aliphatic rings. The van der Waals surface area contributed by atoms with Crippen molar-refractivity contribution in [2.75, 3.05) is 5.32 Å². The van der Waals surface area contributed by atoms with Crippen molar-refractivity contribution in [2.24, 2.45) is 0 Å². The molecule has 20 heavy (non-hydrogen) atoms. The number of rotatable bonds is 4. The number of halogens is 2. The van der Waals surface area contributed by atoms with Crippen LogP contribution in [0.4, 0.5) is 5.69 Å². The number of nitrogens with zero attached hydrogens (tertiary/aromatic N) is 1. The minimum atomic E-state index is 0. The van der Waals surface area contributed by atoms with Gasteiger partial charge in [-0.1, -0.05) is 15.9 Å². The lowest BCUT2D eigenvalue weighted by Crippen LogP contribution is -3.00. The molecule has 2 aromatic rings. The Morgan fingerprint density at radius 1 is 1.15 bits per heavy atom. The van der Waals surface area contributed by atoms with Crippen LogP contribution in [0.3, 0.4) is 0 Å². The van der Waals surface area contributed by atoms with Gasteiger partial charge in [0.15, 0.2) is 18.9 Å². The van der Waals surface area contributed by atoms with Crippen LogP contribution in [0, 0.1) is 6.92 Å². The topological polar surface area (TPSA) is 33.0 Å². The van der Waals surface area contributed by atoms with Crippen molar-refractivity contribution in [3.8, 4) is 0 Å². The first kappa shape index (κ1) is 16.9. The third-order valence-corrected chi connectivity index (χ3v) is 3.31. The molecule has 1 amide bonds. The van der Waals surface area contributed by atoms with E-state index in [1.807, 2.05) is 60.3 Å². The fraction of sp³-hybridized carbons (Fsp3) is 0.200. The monoisotopic (exact) mass is 398 g/mol. The Labute approximate surface area is 137 Å². The van der Waals surface area contributed by atoms with Gasteiger partial charge in [0.05, 0.1) is 6.42 Å². The Bertz CT molecular complexity index is 553. The number of carbonyl (C=O) groups is 1. The highest BCUT2D eigenvalue weighted by atomic mass is 79.9. The van der Waals surface area contributed by atoms with Crippen LogP contribution in [0.25, 0.3) is 0 Å². The van der Waals surface area contributed by atoms with E-state index in [4.69, 9.17) is 0 Å². The molecule has 0 unspecified atom stereocenters. The maximum absolute atomic E-state index is 11.8. The molecule has 2 rings (SSSR count). The Morgan fingerprint density at radius 2 is 1.75 bits per heavy atom. The number of hydrogen-bond acceptors (Lipinski definition) is 1. The van der Waals surface area contributed by atoms with Crippen molar-refractivity contribution in [3.63, 3.8) is 0 Å². The molecule has 0 fully saturated rings. The molecule has 1 aromatic heterocycles. The highest BCUT2D eigenvalue weighted by Gasteiger charge is 2.06. The first-order chi connectivity index (χ1) is 9.13. The zero-order valence-electron chi connectivity index (χ0n) is 11.1. The summed E-state index contributed by atoms with van der Waals surface area (Å²) in [4.78, 5) is 11.8. The van der Waals surface area contributed by atoms with E-state index in [9.17, 15) is 4.79 Å². The number of nitrogens with one attached hydrogen (secondary N) is 1. The van der Waals surface area contributed by atoms with Crippen molar-refractivity contribution >= 4 is 27.5 Å². The van der Waals surface area contributed by atoms with Gasteiger partial charge in [0.25, 0.3) is 0 Å². The first-order valence-electron chi connectivity index (χ1n) is 6.14. The smallest absolute Gasteiger partial charge is 0.230 e. The molecule has 0 bridgehead atoms. The van der Waals surface area contributed by atoms with Gasteiger partial charge in [-0.3, -0.25) is 4.79 Å². The molecule has 1 aromatic carbocycles. The minimum absolute atomic E-state index is 0. The van der Waals surface area contributed by atoms with Crippen LogP contribution in [-0.2, 0) is 11.3 Å². The van der Waals surface area contributed by atoms with Crippen molar-refractivity contribution in [2.45, 2.75) is 19.9 Å². The number of benzene rings is 1. The Morgan fingerprint density at radius 3 is 2.35 bits per heavy atom. The summed E-state index contributed by atoms with van der Waals surface area (Å²) in [6.45, 7) is 2.73. The number of amides is 1. The molecule has 0 atom stereocenters. The van der Waals surface area contributed by atoms with E-state index in [0.29, 0.717) is 13.0 Å². The van der Waals surface area contributed by atoms with E-state index in [1.54, 1.807) is 0 Å². The van der Waals surface area contributed by atoms with Crippen LogP contribution in [0.2, 0.25) is 0 Å². The van der Waals surface area contributed by atoms with Gasteiger partial charge in [0, 0.05) is 22.3 Å². The number of aryl methyl sites for hydroxylation is 2. The van der Waals surface area contributed by atoms with Gasteiger partial charge in [-0.25, -0.2) is 4.57 Å². The number of anilines is 1. The van der Waals surface area contributed by atoms with Crippen LogP contribution in [0.5, 0.6) is 0 Å². The summed E-state index contributed by atoms with van der Waals surface area (Å²) >= 11 is 3.36. The van der Waals surface area contributed by atoms with Gasteiger partial charge in [0.2, 0.25) is 5.91 Å². The molecule has 0 radical (unpaired) electrons. The molecule has 3 nitrogen and oxygen atoms in total. The highest BCUT2D eigenvalue weighted by molar-refractivity contribution is 9.10. The van der Waals surface area contributed by atoms with Gasteiger partial charge >= 0.3 is 0 Å². The van der Waals surface area contributed by atoms with Gasteiger partial charge in [-0.15, -0.1) is 0 Å². The molecule has 0 aliphatic carbocycles. The summed E-state index contributed by atoms with van der Waals surface area (Å²) < 4.78 is 3.01. The van der Waals surface area contributed by atoms with Crippen LogP contribution in [0.15, 0.2) is 53.3 Å². The Hall–Kier alpha value is -1.20. The van der Waals surface area contributed by atoms with Gasteiger partial charge < -0.3 is 22.3 Å². The van der Waals surface area contributed by atoms with E-state index in [-0.39, 0.29) is 22.9 Å². The minimum Gasteiger partial charge on any atom is -1.00 e. The molecule has 1 N–H and O–H groups in total. The van der Waals surface area contributed by atoms with Crippen LogP contribution in [0.1, 0.15) is 12.0 Å². The van der Waals surface area contributed by atoms with Gasteiger partial charge in [-0.2, -0.15) is 0 Å². The highest BCUT2D eigenvalue weighted by Crippen LogP contribution is 2.14. The lowest BCUT2D eigenvalue weighted by atomic mass is 10.3. The van der Waals surface area contributed by atoms with Gasteiger partial charge in [-0.05, 0) is 36.8 Å². The maximum atomic E-state index is 11.8. The first-order valence-corrected chi connectivity index (χ1v) is 6.94. The molecule has 0 saturated carbocycles. The van der Waals surface area contributed by atoms with Crippen LogP contribution >= 0.6 is 15.9 Å². The number of hydrogen-bond donors (Lipinski definition) is 1. The maximum Gasteiger partial charge on any atom is 0.230 e. The van der Waals surface area contributed by atoms with E-state index < -0.39 is 0 Å². The third kappa shape index (κ3) is 5.43. The van der Waals surface area contributed by atoms with Crippen LogP contribution < -0.4 is 26.9 Å². The zero-order valence-corrected chi connectivity index (χ0v) is 14.3. The summed E-state index contributed by atoms with van der Waals surface area (Å²) in [7, 11) is 0. The summed E-state index contributed by atoms with van der Waals surface area (Å²) in [5.74, 6) is 0.0235. The van der Waals surface area contributed by atoms with Crippen molar-refractivity contribution < 1.29 is 26.3 Å². The zero-order chi connectivity index (χ0) is 13.7. The molecule has 1 heterocycles. The molecule has 5 heteroatoms. The predicted molar refractivity (Wildman–Crippen MR) is 78.8 cm³/mol. The third-order valence-electron chi connectivity index (χ3n) is 2.78. The SMILES string of the molecule is Cc1cc[n+](CCC(=O)Nc2ccc(Br)cc2)cc1.[Br-]. The summed E-state index contributed by atoms with van der Waals surface area (Å²) in [6, 6.07) is 11.6. The Kier molecular flexibility index (Phi) is 6.88. The fourth-order valence-corrected chi connectivity index (χ4v) is 1.93. The largest absolute Gasteiger partial charge is 1.00 e. The summed E-state index contributed by atoms with van der Waals surface area (Å²) in [5.41, 5.74) is 2.04. The second-order valence-electron chi connectivity index (χ2n) is 4.42. The summed E-state index contributed by atoms with van der Waals surface area (Å²) in [6.07, 6.45) is 4.44. The second kappa shape index (κ2) is 8.17. The van der Waals surface area contributed by atoms with E-state index >= 15 is 0 Å². The van der Waals surface area contributed by atoms with E-state index in [0.717, 1.165) is 10.2 Å². The van der Waals surface area contributed by atoms with Crippen molar-refractivity contribution in [1.82, 2.24) is 0 Å². The van der Waals surface area contributed by atoms with E-state index in [1.165, 1.54) is 5.56 Å². The van der Waals surface area contributed by atoms with E-state index in [2.05, 4.69) is 21.2 Å².